The van der Waals surface area contributed by atoms with Gasteiger partial charge in [-0.1, -0.05) is 66.9 Å². The molecule has 0 aliphatic carbocycles. The van der Waals surface area contributed by atoms with Crippen LogP contribution in [0, 0.1) is 0 Å². The van der Waals surface area contributed by atoms with E-state index in [1.807, 2.05) is 36.4 Å². The maximum Gasteiger partial charge on any atom is 0.269 e. The lowest BCUT2D eigenvalue weighted by molar-refractivity contribution is 0.103. The number of hydrogen-bond donors (Lipinski definition) is 1. The lowest BCUT2D eigenvalue weighted by atomic mass is 10.0. The van der Waals surface area contributed by atoms with Gasteiger partial charge in [0.05, 0.1) is 0 Å². The van der Waals surface area contributed by atoms with Crippen LogP contribution in [0.3, 0.4) is 0 Å². The van der Waals surface area contributed by atoms with E-state index in [0.717, 1.165) is 46.8 Å². The normalized spacial score (nSPS) is 10.6. The summed E-state index contributed by atoms with van der Waals surface area (Å²) in [7, 11) is 0. The third-order valence-electron chi connectivity index (χ3n) is 3.98. The van der Waals surface area contributed by atoms with Crippen molar-refractivity contribution in [3.05, 3.63) is 64.5 Å². The van der Waals surface area contributed by atoms with Crippen molar-refractivity contribution in [3.8, 4) is 11.3 Å². The second-order valence-electron chi connectivity index (χ2n) is 5.43. The molecule has 1 aromatic heterocycles. The summed E-state index contributed by atoms with van der Waals surface area (Å²) < 4.78 is 3.98. The van der Waals surface area contributed by atoms with Gasteiger partial charge in [0.1, 0.15) is 10.6 Å². The number of anilines is 1. The second kappa shape index (κ2) is 7.36. The first-order valence-corrected chi connectivity index (χ1v) is 8.81. The number of aryl methyl sites for hydroxylation is 2. The van der Waals surface area contributed by atoms with Crippen molar-refractivity contribution < 1.29 is 4.79 Å². The molecule has 1 heterocycles. The molecule has 0 aliphatic heterocycles. The Labute approximate surface area is 145 Å². The molecule has 0 radical (unpaired) electrons. The maximum atomic E-state index is 12.8. The van der Waals surface area contributed by atoms with Crippen LogP contribution < -0.4 is 5.32 Å². The molecule has 24 heavy (non-hydrogen) atoms. The molecular formula is C19H19N3OS. The van der Waals surface area contributed by atoms with Crippen LogP contribution in [0.4, 0.5) is 5.69 Å². The highest BCUT2D eigenvalue weighted by molar-refractivity contribution is 7.08. The van der Waals surface area contributed by atoms with Gasteiger partial charge in [-0.05, 0) is 35.5 Å². The van der Waals surface area contributed by atoms with Crippen LogP contribution in [-0.2, 0) is 12.8 Å². The van der Waals surface area contributed by atoms with Crippen LogP contribution in [-0.4, -0.2) is 15.5 Å². The molecule has 5 heteroatoms. The number of benzene rings is 2. The summed E-state index contributed by atoms with van der Waals surface area (Å²) in [5.41, 5.74) is 4.73. The van der Waals surface area contributed by atoms with E-state index in [-0.39, 0.29) is 5.91 Å². The minimum atomic E-state index is -0.153. The fraction of sp³-hybridized carbons (Fsp3) is 0.211. The van der Waals surface area contributed by atoms with E-state index in [1.165, 1.54) is 0 Å². The first kappa shape index (κ1) is 16.3. The van der Waals surface area contributed by atoms with Gasteiger partial charge in [0.15, 0.2) is 0 Å². The Morgan fingerprint density at radius 1 is 1.00 bits per heavy atom. The number of nitrogens with zero attached hydrogens (tertiary/aromatic N) is 2. The predicted octanol–water partition coefficient (Wildman–Crippen LogP) is 4.58. The van der Waals surface area contributed by atoms with Crippen molar-refractivity contribution in [3.63, 3.8) is 0 Å². The predicted molar refractivity (Wildman–Crippen MR) is 98.5 cm³/mol. The number of para-hydroxylation sites is 1. The third kappa shape index (κ3) is 3.21. The summed E-state index contributed by atoms with van der Waals surface area (Å²) in [5, 5.41) is 7.23. The molecule has 3 aromatic rings. The Morgan fingerprint density at radius 2 is 1.67 bits per heavy atom. The fourth-order valence-electron chi connectivity index (χ4n) is 2.70. The largest absolute Gasteiger partial charge is 0.321 e. The van der Waals surface area contributed by atoms with Gasteiger partial charge in [0.25, 0.3) is 5.91 Å². The van der Waals surface area contributed by atoms with Gasteiger partial charge in [-0.15, -0.1) is 5.10 Å². The van der Waals surface area contributed by atoms with Gasteiger partial charge in [-0.3, -0.25) is 4.79 Å². The lowest BCUT2D eigenvalue weighted by Crippen LogP contribution is -2.14. The van der Waals surface area contributed by atoms with Crippen LogP contribution in [0.5, 0.6) is 0 Å². The summed E-state index contributed by atoms with van der Waals surface area (Å²) in [6.45, 7) is 4.18. The molecular weight excluding hydrogens is 318 g/mol. The number of rotatable bonds is 5. The first-order valence-electron chi connectivity index (χ1n) is 8.04. The number of carbonyl (C=O) groups excluding carboxylic acids is 1. The van der Waals surface area contributed by atoms with E-state index in [9.17, 15) is 4.79 Å². The van der Waals surface area contributed by atoms with Gasteiger partial charge >= 0.3 is 0 Å². The molecule has 0 unspecified atom stereocenters. The molecule has 0 spiro atoms. The van der Waals surface area contributed by atoms with E-state index >= 15 is 0 Å². The monoisotopic (exact) mass is 337 g/mol. The average Bonchev–Trinajstić information content (AvgIpc) is 3.12. The molecule has 1 amide bonds. The van der Waals surface area contributed by atoms with E-state index in [1.54, 1.807) is 0 Å². The van der Waals surface area contributed by atoms with Gasteiger partial charge in [-0.25, -0.2) is 0 Å². The van der Waals surface area contributed by atoms with Gasteiger partial charge in [-0.2, -0.15) is 0 Å². The molecule has 4 nitrogen and oxygen atoms in total. The van der Waals surface area contributed by atoms with Crippen molar-refractivity contribution in [2.24, 2.45) is 0 Å². The molecule has 0 aliphatic rings. The summed E-state index contributed by atoms with van der Waals surface area (Å²) in [4.78, 5) is 13.4. The number of aromatic nitrogens is 2. The highest BCUT2D eigenvalue weighted by atomic mass is 32.1. The van der Waals surface area contributed by atoms with Gasteiger partial charge < -0.3 is 5.32 Å². The lowest BCUT2D eigenvalue weighted by Gasteiger charge is -2.14. The Morgan fingerprint density at radius 3 is 2.29 bits per heavy atom. The summed E-state index contributed by atoms with van der Waals surface area (Å²) in [5.74, 6) is -0.153. The van der Waals surface area contributed by atoms with Crippen LogP contribution in [0.15, 0.2) is 48.5 Å². The molecule has 1 N–H and O–H groups in total. The number of amides is 1. The molecule has 2 aromatic carbocycles. The quantitative estimate of drug-likeness (QED) is 0.741. The minimum absolute atomic E-state index is 0.153. The maximum absolute atomic E-state index is 12.8. The zero-order chi connectivity index (χ0) is 16.9. The Kier molecular flexibility index (Phi) is 5.01. The Hall–Kier alpha value is -2.53. The molecule has 0 bridgehead atoms. The molecule has 0 atom stereocenters. The first-order chi connectivity index (χ1) is 11.7. The highest BCUT2D eigenvalue weighted by Gasteiger charge is 2.19. The van der Waals surface area contributed by atoms with Crippen molar-refractivity contribution in [2.45, 2.75) is 26.7 Å². The fourth-order valence-corrected chi connectivity index (χ4v) is 3.28. The number of hydrogen-bond acceptors (Lipinski definition) is 4. The SMILES string of the molecule is CCc1cccc(CC)c1NC(=O)c1snnc1-c1ccccc1. The van der Waals surface area contributed by atoms with E-state index in [2.05, 4.69) is 40.9 Å². The van der Waals surface area contributed by atoms with Crippen LogP contribution in [0.25, 0.3) is 11.3 Å². The molecule has 122 valence electrons. The van der Waals surface area contributed by atoms with E-state index in [0.29, 0.717) is 10.6 Å². The zero-order valence-electron chi connectivity index (χ0n) is 13.7. The Balaban J connectivity index is 1.94. The minimum Gasteiger partial charge on any atom is -0.321 e. The summed E-state index contributed by atoms with van der Waals surface area (Å²) in [6.07, 6.45) is 1.74. The molecule has 3 rings (SSSR count). The standard InChI is InChI=1S/C19H19N3OS/c1-3-13-11-8-12-14(4-2)16(13)20-19(23)18-17(21-22-24-18)15-9-6-5-7-10-15/h5-12H,3-4H2,1-2H3,(H,20,23). The van der Waals surface area contributed by atoms with E-state index < -0.39 is 0 Å². The van der Waals surface area contributed by atoms with Crippen LogP contribution in [0.2, 0.25) is 0 Å². The molecule has 0 fully saturated rings. The number of nitrogens with one attached hydrogen (secondary N) is 1. The van der Waals surface area contributed by atoms with Gasteiger partial charge in [0.2, 0.25) is 0 Å². The Bertz CT molecular complexity index is 821. The topological polar surface area (TPSA) is 54.9 Å². The molecule has 0 saturated heterocycles. The van der Waals surface area contributed by atoms with Crippen LogP contribution >= 0.6 is 11.5 Å². The van der Waals surface area contributed by atoms with Crippen molar-refractivity contribution in [2.75, 3.05) is 5.32 Å². The number of carbonyl (C=O) groups is 1. The van der Waals surface area contributed by atoms with Crippen molar-refractivity contribution >= 4 is 23.1 Å². The van der Waals surface area contributed by atoms with Crippen LogP contribution in [0.1, 0.15) is 34.6 Å². The summed E-state index contributed by atoms with van der Waals surface area (Å²) in [6, 6.07) is 15.8. The molecule has 0 saturated carbocycles. The van der Waals surface area contributed by atoms with E-state index in [4.69, 9.17) is 0 Å². The third-order valence-corrected chi connectivity index (χ3v) is 4.70. The van der Waals surface area contributed by atoms with Crippen molar-refractivity contribution in [1.29, 1.82) is 0 Å². The summed E-state index contributed by atoms with van der Waals surface area (Å²) >= 11 is 1.13. The highest BCUT2D eigenvalue weighted by Crippen LogP contribution is 2.27. The second-order valence-corrected chi connectivity index (χ2v) is 6.18. The smallest absolute Gasteiger partial charge is 0.269 e. The van der Waals surface area contributed by atoms with Crippen molar-refractivity contribution in [1.82, 2.24) is 9.59 Å². The van der Waals surface area contributed by atoms with Gasteiger partial charge in [0, 0.05) is 11.3 Å². The zero-order valence-corrected chi connectivity index (χ0v) is 14.6. The average molecular weight is 337 g/mol.